The van der Waals surface area contributed by atoms with E-state index in [0.717, 1.165) is 27.4 Å². The maximum atomic E-state index is 10.5. The van der Waals surface area contributed by atoms with Gasteiger partial charge in [0.05, 0.1) is 4.47 Å². The van der Waals surface area contributed by atoms with Gasteiger partial charge in [-0.3, -0.25) is 0 Å². The van der Waals surface area contributed by atoms with Gasteiger partial charge in [0.15, 0.2) is 0 Å². The molecule has 0 heterocycles. The number of rotatable bonds is 4. The van der Waals surface area contributed by atoms with E-state index in [1.807, 2.05) is 49.4 Å². The van der Waals surface area contributed by atoms with Crippen molar-refractivity contribution in [3.05, 3.63) is 64.1 Å². The van der Waals surface area contributed by atoms with Crippen molar-refractivity contribution in [3.63, 3.8) is 0 Å². The minimum Gasteiger partial charge on any atom is -0.478 e. The van der Waals surface area contributed by atoms with E-state index in [4.69, 9.17) is 9.84 Å². The van der Waals surface area contributed by atoms with Crippen molar-refractivity contribution in [1.29, 1.82) is 0 Å². The van der Waals surface area contributed by atoms with Crippen LogP contribution in [0.2, 0.25) is 0 Å². The summed E-state index contributed by atoms with van der Waals surface area (Å²) in [5, 5.41) is 8.65. The van der Waals surface area contributed by atoms with Crippen LogP contribution in [-0.4, -0.2) is 11.1 Å². The molecule has 0 atom stereocenters. The number of halogens is 1. The van der Waals surface area contributed by atoms with Crippen LogP contribution in [-0.2, 0) is 4.79 Å². The Balaban J connectivity index is 2.30. The molecule has 0 bridgehead atoms. The van der Waals surface area contributed by atoms with E-state index in [9.17, 15) is 4.79 Å². The van der Waals surface area contributed by atoms with Gasteiger partial charge in [-0.1, -0.05) is 24.3 Å². The number of hydrogen-bond acceptors (Lipinski definition) is 2. The molecule has 0 radical (unpaired) electrons. The molecule has 1 N–H and O–H groups in total. The van der Waals surface area contributed by atoms with Crippen LogP contribution >= 0.6 is 15.9 Å². The standard InChI is InChI=1S/C16H13BrO3/c1-11-6-7-12(8-9-16(18)19)10-15(11)20-14-5-3-2-4-13(14)17/h2-10H,1H3,(H,18,19)/b9-8+. The summed E-state index contributed by atoms with van der Waals surface area (Å²) in [7, 11) is 0. The summed E-state index contributed by atoms with van der Waals surface area (Å²) < 4.78 is 6.73. The molecule has 0 unspecified atom stereocenters. The third kappa shape index (κ3) is 3.71. The molecule has 20 heavy (non-hydrogen) atoms. The molecular formula is C16H13BrO3. The monoisotopic (exact) mass is 332 g/mol. The number of aliphatic carboxylic acids is 1. The van der Waals surface area contributed by atoms with Gasteiger partial charge in [0.25, 0.3) is 0 Å². The quantitative estimate of drug-likeness (QED) is 0.829. The Morgan fingerprint density at radius 1 is 1.20 bits per heavy atom. The van der Waals surface area contributed by atoms with Gasteiger partial charge in [-0.25, -0.2) is 4.79 Å². The SMILES string of the molecule is Cc1ccc(/C=C/C(=O)O)cc1Oc1ccccc1Br. The Labute approximate surface area is 125 Å². The molecule has 0 aliphatic carbocycles. The molecule has 4 heteroatoms. The van der Waals surface area contributed by atoms with Crippen LogP contribution in [0.5, 0.6) is 11.5 Å². The van der Waals surface area contributed by atoms with Gasteiger partial charge in [0, 0.05) is 6.08 Å². The summed E-state index contributed by atoms with van der Waals surface area (Å²) in [5.41, 5.74) is 1.76. The van der Waals surface area contributed by atoms with Crippen molar-refractivity contribution in [2.24, 2.45) is 0 Å². The third-order valence-corrected chi connectivity index (χ3v) is 3.34. The molecule has 0 spiro atoms. The molecule has 0 amide bonds. The third-order valence-electron chi connectivity index (χ3n) is 2.69. The molecular weight excluding hydrogens is 320 g/mol. The number of ether oxygens (including phenoxy) is 1. The van der Waals surface area contributed by atoms with Gasteiger partial charge in [0.1, 0.15) is 11.5 Å². The molecule has 0 aliphatic rings. The summed E-state index contributed by atoms with van der Waals surface area (Å²) >= 11 is 3.43. The van der Waals surface area contributed by atoms with Gasteiger partial charge in [-0.15, -0.1) is 0 Å². The predicted molar refractivity (Wildman–Crippen MR) is 82.1 cm³/mol. The van der Waals surface area contributed by atoms with E-state index in [2.05, 4.69) is 15.9 Å². The molecule has 0 fully saturated rings. The Morgan fingerprint density at radius 2 is 1.95 bits per heavy atom. The first-order valence-corrected chi connectivity index (χ1v) is 6.79. The van der Waals surface area contributed by atoms with Crippen LogP contribution in [0.4, 0.5) is 0 Å². The summed E-state index contributed by atoms with van der Waals surface area (Å²) in [6.07, 6.45) is 2.64. The topological polar surface area (TPSA) is 46.5 Å². The second kappa shape index (κ2) is 6.39. The van der Waals surface area contributed by atoms with Crippen LogP contribution < -0.4 is 4.74 Å². The maximum absolute atomic E-state index is 10.5. The number of carboxylic acid groups (broad SMARTS) is 1. The van der Waals surface area contributed by atoms with E-state index in [0.29, 0.717) is 5.75 Å². The van der Waals surface area contributed by atoms with Crippen LogP contribution in [0.1, 0.15) is 11.1 Å². The van der Waals surface area contributed by atoms with E-state index in [1.54, 1.807) is 0 Å². The van der Waals surface area contributed by atoms with Crippen molar-refractivity contribution in [1.82, 2.24) is 0 Å². The summed E-state index contributed by atoms with van der Waals surface area (Å²) in [6.45, 7) is 1.94. The number of carboxylic acids is 1. The average molecular weight is 333 g/mol. The first-order valence-electron chi connectivity index (χ1n) is 6.00. The molecule has 0 aliphatic heterocycles. The van der Waals surface area contributed by atoms with Crippen LogP contribution in [0.25, 0.3) is 6.08 Å². The van der Waals surface area contributed by atoms with Crippen LogP contribution in [0.15, 0.2) is 53.0 Å². The zero-order valence-electron chi connectivity index (χ0n) is 10.8. The van der Waals surface area contributed by atoms with E-state index in [-0.39, 0.29) is 0 Å². The largest absolute Gasteiger partial charge is 0.478 e. The van der Waals surface area contributed by atoms with Gasteiger partial charge < -0.3 is 9.84 Å². The van der Waals surface area contributed by atoms with Crippen molar-refractivity contribution in [3.8, 4) is 11.5 Å². The molecule has 2 aromatic carbocycles. The van der Waals surface area contributed by atoms with Crippen molar-refractivity contribution in [2.45, 2.75) is 6.92 Å². The van der Waals surface area contributed by atoms with E-state index < -0.39 is 5.97 Å². The molecule has 2 rings (SSSR count). The summed E-state index contributed by atoms with van der Waals surface area (Å²) in [6, 6.07) is 13.1. The lowest BCUT2D eigenvalue weighted by Crippen LogP contribution is -1.90. The lowest BCUT2D eigenvalue weighted by Gasteiger charge is -2.10. The van der Waals surface area contributed by atoms with Gasteiger partial charge in [0.2, 0.25) is 0 Å². The summed E-state index contributed by atoms with van der Waals surface area (Å²) in [4.78, 5) is 10.5. The lowest BCUT2D eigenvalue weighted by molar-refractivity contribution is -0.131. The molecule has 0 saturated heterocycles. The highest BCUT2D eigenvalue weighted by Crippen LogP contribution is 2.31. The van der Waals surface area contributed by atoms with Gasteiger partial charge >= 0.3 is 5.97 Å². The van der Waals surface area contributed by atoms with Crippen molar-refractivity contribution < 1.29 is 14.6 Å². The zero-order valence-corrected chi connectivity index (χ0v) is 12.4. The Hall–Kier alpha value is -2.07. The fourth-order valence-electron chi connectivity index (χ4n) is 1.64. The minimum atomic E-state index is -0.973. The zero-order chi connectivity index (χ0) is 14.5. The Morgan fingerprint density at radius 3 is 2.65 bits per heavy atom. The molecule has 2 aromatic rings. The van der Waals surface area contributed by atoms with E-state index >= 15 is 0 Å². The fourth-order valence-corrected chi connectivity index (χ4v) is 2.01. The Kier molecular flexibility index (Phi) is 4.58. The first-order chi connectivity index (χ1) is 9.56. The average Bonchev–Trinajstić information content (AvgIpc) is 2.42. The van der Waals surface area contributed by atoms with Crippen molar-refractivity contribution >= 4 is 28.0 Å². The van der Waals surface area contributed by atoms with Gasteiger partial charge in [-0.05, 0) is 58.3 Å². The molecule has 0 saturated carbocycles. The first kappa shape index (κ1) is 14.3. The van der Waals surface area contributed by atoms with Gasteiger partial charge in [-0.2, -0.15) is 0 Å². The van der Waals surface area contributed by atoms with Crippen LogP contribution in [0, 0.1) is 6.92 Å². The molecule has 102 valence electrons. The van der Waals surface area contributed by atoms with E-state index in [1.165, 1.54) is 6.08 Å². The predicted octanol–water partition coefficient (Wildman–Crippen LogP) is 4.65. The fraction of sp³-hybridized carbons (Fsp3) is 0.0625. The lowest BCUT2D eigenvalue weighted by atomic mass is 10.1. The second-order valence-electron chi connectivity index (χ2n) is 4.23. The van der Waals surface area contributed by atoms with Crippen molar-refractivity contribution in [2.75, 3.05) is 0 Å². The molecule has 3 nitrogen and oxygen atoms in total. The number of benzene rings is 2. The second-order valence-corrected chi connectivity index (χ2v) is 5.08. The Bertz CT molecular complexity index is 663. The smallest absolute Gasteiger partial charge is 0.328 e. The highest BCUT2D eigenvalue weighted by Gasteiger charge is 2.05. The summed E-state index contributed by atoms with van der Waals surface area (Å²) in [5.74, 6) is 0.443. The highest BCUT2D eigenvalue weighted by atomic mass is 79.9. The number of para-hydroxylation sites is 1. The normalized spacial score (nSPS) is 10.7. The number of carbonyl (C=O) groups is 1. The number of hydrogen-bond donors (Lipinski definition) is 1. The van der Waals surface area contributed by atoms with Crippen LogP contribution in [0.3, 0.4) is 0 Å². The highest BCUT2D eigenvalue weighted by molar-refractivity contribution is 9.10. The maximum Gasteiger partial charge on any atom is 0.328 e. The molecule has 0 aromatic heterocycles. The number of aryl methyl sites for hydroxylation is 1. The minimum absolute atomic E-state index is 0.699.